The standard InChI is InChI=1S/3H2O.7O.Ti.V.W/h3*1H2;;;;;;;;;;/q;;;;;;4*-2;+4;;/p-1. The molecule has 0 fully saturated rings. The molecule has 0 rings (SSSR count). The van der Waals surface area contributed by atoms with Gasteiger partial charge in [0.05, 0.1) is 0 Å². The second-order valence-electron chi connectivity index (χ2n) is 0.204. The van der Waals surface area contributed by atoms with Crippen molar-refractivity contribution >= 4 is 0 Å². The van der Waals surface area contributed by atoms with E-state index in [4.69, 9.17) is 10.2 Å². The molecule has 0 aromatic heterocycles. The van der Waals surface area contributed by atoms with E-state index in [2.05, 4.69) is 0 Å². The van der Waals surface area contributed by atoms with Gasteiger partial charge in [0.2, 0.25) is 0 Å². The van der Waals surface area contributed by atoms with Gasteiger partial charge >= 0.3 is 49.1 Å². The fourth-order valence-electron chi connectivity index (χ4n) is 0. The van der Waals surface area contributed by atoms with Crippen LogP contribution >= 0.6 is 0 Å². The third-order valence-corrected chi connectivity index (χ3v) is 0. The molecule has 0 heterocycles. The third-order valence-electron chi connectivity index (χ3n) is 0. The van der Waals surface area contributed by atoms with Gasteiger partial charge < -0.3 is 38.3 Å². The van der Waals surface area contributed by atoms with E-state index in [1.54, 1.807) is 0 Å². The molecule has 0 saturated carbocycles. The van der Waals surface area contributed by atoms with E-state index in [0.29, 0.717) is 0 Å². The van der Waals surface area contributed by atoms with Crippen LogP contribution in [0.25, 0.3) is 0 Å². The smallest absolute Gasteiger partial charge is 0 e. The van der Waals surface area contributed by atoms with Crippen molar-refractivity contribution in [3.05, 3.63) is 0 Å². The number of hydrogen-bond acceptors (Lipinski definition) is 4. The van der Waals surface area contributed by atoms with E-state index < -0.39 is 17.2 Å². The molecule has 0 aliphatic heterocycles. The first-order valence-corrected chi connectivity index (χ1v) is 4.09. The van der Waals surface area contributed by atoms with Crippen LogP contribution in [0.3, 0.4) is 0 Å². The van der Waals surface area contributed by atoms with Gasteiger partial charge in [-0.3, -0.25) is 0 Å². The first kappa shape index (κ1) is 144. The zero-order chi connectivity index (χ0) is 3.58. The maximum Gasteiger partial charge on any atom is 4.00 e. The summed E-state index contributed by atoms with van der Waals surface area (Å²) in [4.78, 5) is 0. The Hall–Kier alpha value is 1.11. The van der Waals surface area contributed by atoms with E-state index in [1.807, 2.05) is 0 Å². The van der Waals surface area contributed by atoms with Crippen molar-refractivity contribution in [1.82, 2.24) is 0 Å². The molecule has 13 heteroatoms. The monoisotopic (exact) mass is 448 g/mol. The fraction of sp³-hybridized carbons (Fsp3) is 0. The van der Waals surface area contributed by atoms with E-state index in [9.17, 15) is 0 Å². The molecule has 13 heavy (non-hydrogen) atoms. The summed E-state index contributed by atoms with van der Waals surface area (Å²) >= 11 is -4.28. The number of rotatable bonds is 0. The van der Waals surface area contributed by atoms with Crippen molar-refractivity contribution < 1.29 is 106 Å². The van der Waals surface area contributed by atoms with Gasteiger partial charge in [0.25, 0.3) is 0 Å². The molecule has 0 spiro atoms. The molecular formula is H5O10TiVW-5. The van der Waals surface area contributed by atoms with Crippen LogP contribution < -0.4 is 0 Å². The van der Waals surface area contributed by atoms with Crippen molar-refractivity contribution in [2.45, 2.75) is 0 Å². The minimum absolute atomic E-state index is 0. The van der Waals surface area contributed by atoms with Gasteiger partial charge in [0.15, 0.2) is 0 Å². The molecule has 0 atom stereocenters. The molecule has 1 radical (unpaired) electrons. The molecule has 0 aromatic rings. The predicted molar refractivity (Wildman–Crippen MR) is 14.0 cm³/mol. The zero-order valence-electron chi connectivity index (χ0n) is 5.66. The summed E-state index contributed by atoms with van der Waals surface area (Å²) in [5.74, 6) is 0. The summed E-state index contributed by atoms with van der Waals surface area (Å²) in [6.45, 7) is 0. The van der Waals surface area contributed by atoms with Crippen LogP contribution in [-0.4, -0.2) is 16.4 Å². The molecule has 10 nitrogen and oxygen atoms in total. The molecule has 0 saturated heterocycles. The van der Waals surface area contributed by atoms with Crippen LogP contribution in [0.4, 0.5) is 0 Å². The Kier molecular flexibility index (Phi) is 1260. The summed E-state index contributed by atoms with van der Waals surface area (Å²) in [5.41, 5.74) is 0. The van der Waals surface area contributed by atoms with Crippen LogP contribution in [0.2, 0.25) is 0 Å². The topological polar surface area (TPSA) is 258 Å². The second kappa shape index (κ2) is 114. The molecular weight excluding hydrogens is 443 g/mol. The first-order valence-electron chi connectivity index (χ1n) is 0.500. The number of hydrogen-bond donors (Lipinski definition) is 0. The summed E-state index contributed by atoms with van der Waals surface area (Å²) < 4.78 is 25.8. The average molecular weight is 448 g/mol. The maximum atomic E-state index is 8.61. The van der Waals surface area contributed by atoms with Gasteiger partial charge in [-0.2, -0.15) is 0 Å². The van der Waals surface area contributed by atoms with E-state index >= 15 is 0 Å². The van der Waals surface area contributed by atoms with Gasteiger partial charge in [0.1, 0.15) is 0 Å². The zero-order valence-corrected chi connectivity index (χ0v) is 11.6. The van der Waals surface area contributed by atoms with E-state index in [-0.39, 0.29) is 78.6 Å². The van der Waals surface area contributed by atoms with Crippen LogP contribution in [0.15, 0.2) is 0 Å². The Balaban J connectivity index is -0.00000000125. The van der Waals surface area contributed by atoms with Crippen molar-refractivity contribution in [2.75, 3.05) is 0 Å². The summed E-state index contributed by atoms with van der Waals surface area (Å²) in [5, 5.41) is 0. The molecule has 85 valence electrons. The predicted octanol–water partition coefficient (Wildman–Crippen LogP) is -2.67. The van der Waals surface area contributed by atoms with Gasteiger partial charge in [0, 0.05) is 18.6 Å². The average Bonchev–Trinajstić information content (AvgIpc) is 0.811. The molecule has 0 bridgehead atoms. The van der Waals surface area contributed by atoms with Crippen LogP contribution in [0.5, 0.6) is 0 Å². The van der Waals surface area contributed by atoms with Crippen LogP contribution in [0.1, 0.15) is 0 Å². The Morgan fingerprint density at radius 2 is 0.692 bits per heavy atom. The van der Waals surface area contributed by atoms with Crippen molar-refractivity contribution in [1.29, 1.82) is 0 Å². The van der Waals surface area contributed by atoms with E-state index in [0.717, 1.165) is 0 Å². The first-order chi connectivity index (χ1) is 1.73. The minimum Gasteiger partial charge on any atom is 0 e. The molecule has 0 aliphatic rings. The van der Waals surface area contributed by atoms with Crippen LogP contribution in [-0.2, 0) is 89.6 Å². The van der Waals surface area contributed by atoms with Gasteiger partial charge in [-0.1, -0.05) is 0 Å². The minimum atomic E-state index is -4.28. The molecule has 0 aliphatic carbocycles. The Morgan fingerprint density at radius 3 is 0.692 bits per heavy atom. The van der Waals surface area contributed by atoms with Gasteiger partial charge in [-0.25, -0.2) is 0 Å². The molecule has 0 aromatic carbocycles. The second-order valence-corrected chi connectivity index (χ2v) is 1.67. The summed E-state index contributed by atoms with van der Waals surface area (Å²) in [6.07, 6.45) is 0. The summed E-state index contributed by atoms with van der Waals surface area (Å²) in [7, 11) is 0. The Morgan fingerprint density at radius 1 is 0.692 bits per heavy atom. The molecule has 0 unspecified atom stereocenters. The van der Waals surface area contributed by atoms with Crippen molar-refractivity contribution in [3.8, 4) is 0 Å². The molecule has 5 N–H and O–H groups in total. The summed E-state index contributed by atoms with van der Waals surface area (Å²) in [6, 6.07) is 0. The van der Waals surface area contributed by atoms with Gasteiger partial charge in [-0.05, 0) is 0 Å². The van der Waals surface area contributed by atoms with Crippen LogP contribution in [0, 0.1) is 0 Å². The van der Waals surface area contributed by atoms with Crippen molar-refractivity contribution in [2.24, 2.45) is 0 Å². The fourth-order valence-corrected chi connectivity index (χ4v) is 0. The van der Waals surface area contributed by atoms with Crippen molar-refractivity contribution in [3.63, 3.8) is 0 Å². The molecule has 0 amide bonds. The maximum absolute atomic E-state index is 8.61. The Labute approximate surface area is 105 Å². The van der Waals surface area contributed by atoms with E-state index in [1.165, 1.54) is 0 Å². The quantitative estimate of drug-likeness (QED) is 0.359. The van der Waals surface area contributed by atoms with Gasteiger partial charge in [-0.15, -0.1) is 0 Å². The largest absolute Gasteiger partial charge is 4.00 e. The normalized spacial score (nSPS) is 1.85. The Bertz CT molecular complexity index is 84.3. The SMILES string of the molecule is O.O.[O-2].[O-2].[O-2].[O-2].[OH-].[O]=[W](=[O])=[O].[Ti+4].[V]. The third kappa shape index (κ3) is 1320.